The highest BCUT2D eigenvalue weighted by Crippen LogP contribution is 2.08. The molecule has 1 fully saturated rings. The smallest absolute Gasteiger partial charge is 0.327 e. The highest BCUT2D eigenvalue weighted by molar-refractivity contribution is 5.83. The van der Waals surface area contributed by atoms with E-state index in [2.05, 4.69) is 11.2 Å². The van der Waals surface area contributed by atoms with Crippen LogP contribution in [-0.4, -0.2) is 41.1 Å². The molecule has 1 rings (SSSR count). The van der Waals surface area contributed by atoms with Crippen molar-refractivity contribution in [2.24, 2.45) is 0 Å². The number of carbonyl (C=O) groups excluding carboxylic acids is 1. The molecule has 0 aromatic heterocycles. The average molecular weight is 196 g/mol. The second-order valence-electron chi connectivity index (χ2n) is 3.04. The summed E-state index contributed by atoms with van der Waals surface area (Å²) in [7, 11) is 0. The Kier molecular flexibility index (Phi) is 3.35. The number of amides is 2. The highest BCUT2D eigenvalue weighted by Gasteiger charge is 2.30. The van der Waals surface area contributed by atoms with E-state index in [4.69, 9.17) is 11.5 Å². The molecule has 1 aliphatic heterocycles. The lowest BCUT2D eigenvalue weighted by atomic mass is 10.1. The lowest BCUT2D eigenvalue weighted by molar-refractivity contribution is -0.142. The molecule has 1 saturated heterocycles. The minimum atomic E-state index is -1.06. The Balaban J connectivity index is 2.71. The molecule has 1 unspecified atom stereocenters. The predicted octanol–water partition coefficient (Wildman–Crippen LogP) is -0.122. The number of rotatable bonds is 3. The van der Waals surface area contributed by atoms with Gasteiger partial charge >= 0.3 is 12.0 Å². The normalized spacial score (nSPS) is 18.2. The van der Waals surface area contributed by atoms with Gasteiger partial charge in [0.25, 0.3) is 0 Å². The van der Waals surface area contributed by atoms with Crippen molar-refractivity contribution in [3.63, 3.8) is 0 Å². The van der Waals surface area contributed by atoms with Crippen LogP contribution in [0, 0.1) is 12.3 Å². The number of nitrogens with one attached hydrogen (secondary N) is 1. The fourth-order valence-corrected chi connectivity index (χ4v) is 1.39. The summed E-state index contributed by atoms with van der Waals surface area (Å²) in [4.78, 5) is 23.4. The van der Waals surface area contributed by atoms with Crippen LogP contribution < -0.4 is 5.32 Å². The molecule has 14 heavy (non-hydrogen) atoms. The Hall–Kier alpha value is -1.70. The third-order valence-electron chi connectivity index (χ3n) is 2.09. The molecule has 1 aliphatic rings. The lowest BCUT2D eigenvalue weighted by Crippen LogP contribution is -2.53. The van der Waals surface area contributed by atoms with Crippen LogP contribution in [-0.2, 0) is 4.79 Å². The predicted molar refractivity (Wildman–Crippen MR) is 49.6 cm³/mol. The van der Waals surface area contributed by atoms with E-state index in [1.165, 1.54) is 4.90 Å². The standard InChI is InChI=1S/C9H12N2O3/c1-2-4-7(8(12)13)11-6-3-5-10-9(11)14/h1,7H,3-6H2,(H,10,14)(H,12,13). The number of carbonyl (C=O) groups is 2. The van der Waals surface area contributed by atoms with E-state index in [0.29, 0.717) is 13.1 Å². The van der Waals surface area contributed by atoms with Crippen LogP contribution in [0.4, 0.5) is 4.79 Å². The summed E-state index contributed by atoms with van der Waals surface area (Å²) in [5.74, 6) is 1.21. The Labute approximate surface area is 82.1 Å². The number of hydrogen-bond donors (Lipinski definition) is 2. The third kappa shape index (κ3) is 2.16. The van der Waals surface area contributed by atoms with Gasteiger partial charge in [-0.2, -0.15) is 0 Å². The van der Waals surface area contributed by atoms with Gasteiger partial charge in [-0.3, -0.25) is 0 Å². The zero-order valence-corrected chi connectivity index (χ0v) is 7.69. The SMILES string of the molecule is C#CCC(C(=O)O)N1CCCNC1=O. The summed E-state index contributed by atoms with van der Waals surface area (Å²) in [5, 5.41) is 11.4. The van der Waals surface area contributed by atoms with Crippen molar-refractivity contribution in [2.45, 2.75) is 18.9 Å². The molecular formula is C9H12N2O3. The van der Waals surface area contributed by atoms with Gasteiger partial charge in [0.15, 0.2) is 0 Å². The summed E-state index contributed by atoms with van der Waals surface area (Å²) >= 11 is 0. The van der Waals surface area contributed by atoms with Crippen molar-refractivity contribution in [1.82, 2.24) is 10.2 Å². The molecule has 0 aromatic rings. The third-order valence-corrected chi connectivity index (χ3v) is 2.09. The van der Waals surface area contributed by atoms with E-state index >= 15 is 0 Å². The lowest BCUT2D eigenvalue weighted by Gasteiger charge is -2.31. The van der Waals surface area contributed by atoms with Crippen LogP contribution in [0.5, 0.6) is 0 Å². The van der Waals surface area contributed by atoms with E-state index in [1.54, 1.807) is 0 Å². The van der Waals surface area contributed by atoms with Gasteiger partial charge in [-0.15, -0.1) is 12.3 Å². The number of carboxylic acid groups (broad SMARTS) is 1. The molecular weight excluding hydrogens is 184 g/mol. The fourth-order valence-electron chi connectivity index (χ4n) is 1.39. The molecule has 0 aromatic carbocycles. The fraction of sp³-hybridized carbons (Fsp3) is 0.556. The first-order valence-corrected chi connectivity index (χ1v) is 4.37. The van der Waals surface area contributed by atoms with Crippen LogP contribution in [0.3, 0.4) is 0 Å². The minimum absolute atomic E-state index is 0.0444. The summed E-state index contributed by atoms with van der Waals surface area (Å²) < 4.78 is 0. The van der Waals surface area contributed by atoms with Gasteiger partial charge in [-0.1, -0.05) is 0 Å². The summed E-state index contributed by atoms with van der Waals surface area (Å²) in [6, 6.07) is -1.25. The van der Waals surface area contributed by atoms with E-state index in [9.17, 15) is 9.59 Å². The van der Waals surface area contributed by atoms with Crippen molar-refractivity contribution in [2.75, 3.05) is 13.1 Å². The second-order valence-corrected chi connectivity index (χ2v) is 3.04. The zero-order valence-electron chi connectivity index (χ0n) is 7.69. The van der Waals surface area contributed by atoms with Crippen molar-refractivity contribution < 1.29 is 14.7 Å². The Bertz CT molecular complexity index is 282. The van der Waals surface area contributed by atoms with Crippen LogP contribution in [0.2, 0.25) is 0 Å². The maximum atomic E-state index is 11.3. The first-order valence-electron chi connectivity index (χ1n) is 4.37. The summed E-state index contributed by atoms with van der Waals surface area (Å²) in [6.07, 6.45) is 5.84. The summed E-state index contributed by atoms with van der Waals surface area (Å²) in [5.41, 5.74) is 0. The molecule has 0 bridgehead atoms. The van der Waals surface area contributed by atoms with E-state index in [0.717, 1.165) is 6.42 Å². The van der Waals surface area contributed by atoms with Crippen LogP contribution in [0.15, 0.2) is 0 Å². The number of aliphatic carboxylic acids is 1. The topological polar surface area (TPSA) is 69.6 Å². The monoisotopic (exact) mass is 196 g/mol. The molecule has 5 heteroatoms. The molecule has 2 amide bonds. The Morgan fingerprint density at radius 2 is 2.50 bits per heavy atom. The van der Waals surface area contributed by atoms with Crippen molar-refractivity contribution >= 4 is 12.0 Å². The molecule has 0 radical (unpaired) electrons. The van der Waals surface area contributed by atoms with Gasteiger partial charge in [0.2, 0.25) is 0 Å². The molecule has 0 aliphatic carbocycles. The largest absolute Gasteiger partial charge is 0.480 e. The Morgan fingerprint density at radius 1 is 1.79 bits per heavy atom. The van der Waals surface area contributed by atoms with Crippen LogP contribution in [0.25, 0.3) is 0 Å². The Morgan fingerprint density at radius 3 is 3.00 bits per heavy atom. The molecule has 1 atom stereocenters. The van der Waals surface area contributed by atoms with Gasteiger partial charge in [0, 0.05) is 19.5 Å². The number of carboxylic acids is 1. The zero-order chi connectivity index (χ0) is 10.6. The van der Waals surface area contributed by atoms with Gasteiger partial charge < -0.3 is 15.3 Å². The van der Waals surface area contributed by atoms with Crippen molar-refractivity contribution in [3.05, 3.63) is 0 Å². The quantitative estimate of drug-likeness (QED) is 0.618. The van der Waals surface area contributed by atoms with Gasteiger partial charge in [0.05, 0.1) is 0 Å². The molecule has 2 N–H and O–H groups in total. The van der Waals surface area contributed by atoms with E-state index in [-0.39, 0.29) is 12.5 Å². The molecule has 0 spiro atoms. The number of terminal acetylenes is 1. The first kappa shape index (κ1) is 10.4. The highest BCUT2D eigenvalue weighted by atomic mass is 16.4. The van der Waals surface area contributed by atoms with Crippen molar-refractivity contribution in [1.29, 1.82) is 0 Å². The molecule has 1 heterocycles. The van der Waals surface area contributed by atoms with E-state index < -0.39 is 12.0 Å². The minimum Gasteiger partial charge on any atom is -0.480 e. The van der Waals surface area contributed by atoms with Gasteiger partial charge in [-0.05, 0) is 6.42 Å². The summed E-state index contributed by atoms with van der Waals surface area (Å²) in [6.45, 7) is 1.04. The van der Waals surface area contributed by atoms with Gasteiger partial charge in [0.1, 0.15) is 6.04 Å². The number of nitrogens with zero attached hydrogens (tertiary/aromatic N) is 1. The second kappa shape index (κ2) is 4.51. The van der Waals surface area contributed by atoms with Crippen molar-refractivity contribution in [3.8, 4) is 12.3 Å². The first-order chi connectivity index (χ1) is 6.66. The molecule has 76 valence electrons. The maximum Gasteiger partial charge on any atom is 0.327 e. The van der Waals surface area contributed by atoms with E-state index in [1.807, 2.05) is 0 Å². The average Bonchev–Trinajstić information content (AvgIpc) is 2.15. The maximum absolute atomic E-state index is 11.3. The molecule has 0 saturated carbocycles. The number of hydrogen-bond acceptors (Lipinski definition) is 2. The van der Waals surface area contributed by atoms with Crippen LogP contribution >= 0.6 is 0 Å². The van der Waals surface area contributed by atoms with Crippen LogP contribution in [0.1, 0.15) is 12.8 Å². The number of urea groups is 1. The van der Waals surface area contributed by atoms with Gasteiger partial charge in [-0.25, -0.2) is 9.59 Å². The molecule has 5 nitrogen and oxygen atoms in total.